The van der Waals surface area contributed by atoms with Crippen LogP contribution in [0.4, 0.5) is 10.1 Å². The Morgan fingerprint density at radius 2 is 2.04 bits per heavy atom. The Labute approximate surface area is 156 Å². The van der Waals surface area contributed by atoms with Gasteiger partial charge in [-0.1, -0.05) is 18.2 Å². The highest BCUT2D eigenvalue weighted by molar-refractivity contribution is 6.01. The summed E-state index contributed by atoms with van der Waals surface area (Å²) in [5, 5.41) is 4.18. The summed E-state index contributed by atoms with van der Waals surface area (Å²) in [6.45, 7) is 0.664. The second-order valence-corrected chi connectivity index (χ2v) is 7.43. The van der Waals surface area contributed by atoms with Gasteiger partial charge in [0, 0.05) is 35.4 Å². The Morgan fingerprint density at radius 1 is 1.22 bits per heavy atom. The molecule has 1 aromatic heterocycles. The highest BCUT2D eigenvalue weighted by Crippen LogP contribution is 2.40. The summed E-state index contributed by atoms with van der Waals surface area (Å²) in [5.74, 6) is -0.624. The van der Waals surface area contributed by atoms with Gasteiger partial charge in [0.25, 0.3) is 0 Å². The predicted octanol–water partition coefficient (Wildman–Crippen LogP) is 3.82. The normalized spacial score (nSPS) is 21.6. The summed E-state index contributed by atoms with van der Waals surface area (Å²) in [4.78, 5) is 18.5. The van der Waals surface area contributed by atoms with E-state index in [1.54, 1.807) is 12.1 Å². The molecule has 1 aliphatic heterocycles. The molecular weight excluding hydrogens is 341 g/mol. The number of halogens is 1. The van der Waals surface area contributed by atoms with Crippen molar-refractivity contribution in [2.45, 2.75) is 12.5 Å². The van der Waals surface area contributed by atoms with E-state index in [2.05, 4.69) is 52.7 Å². The van der Waals surface area contributed by atoms with Crippen molar-refractivity contribution in [3.8, 4) is 0 Å². The molecule has 0 radical (unpaired) electrons. The first-order valence-corrected chi connectivity index (χ1v) is 9.18. The van der Waals surface area contributed by atoms with Crippen LogP contribution in [0.25, 0.3) is 16.5 Å². The van der Waals surface area contributed by atoms with Gasteiger partial charge in [-0.2, -0.15) is 0 Å². The number of rotatable bonds is 2. The smallest absolute Gasteiger partial charge is 0.232 e. The number of aromatic nitrogens is 1. The van der Waals surface area contributed by atoms with Crippen molar-refractivity contribution in [3.05, 3.63) is 71.7 Å². The van der Waals surface area contributed by atoms with E-state index in [-0.39, 0.29) is 23.7 Å². The molecule has 2 aromatic carbocycles. The monoisotopic (exact) mass is 361 g/mol. The molecule has 0 bridgehead atoms. The van der Waals surface area contributed by atoms with Crippen LogP contribution in [0.2, 0.25) is 0 Å². The van der Waals surface area contributed by atoms with Crippen molar-refractivity contribution >= 4 is 28.1 Å². The molecule has 2 atom stereocenters. The van der Waals surface area contributed by atoms with E-state index in [0.717, 1.165) is 11.9 Å². The zero-order chi connectivity index (χ0) is 18.5. The predicted molar refractivity (Wildman–Crippen MR) is 105 cm³/mol. The minimum absolute atomic E-state index is 0.0635. The van der Waals surface area contributed by atoms with Crippen LogP contribution < -0.4 is 5.32 Å². The van der Waals surface area contributed by atoms with Crippen LogP contribution >= 0.6 is 0 Å². The van der Waals surface area contributed by atoms with E-state index in [0.29, 0.717) is 12.2 Å². The number of nitrogens with zero attached hydrogens (tertiary/aromatic N) is 1. The third-order valence-corrected chi connectivity index (χ3v) is 5.72. The lowest BCUT2D eigenvalue weighted by Crippen LogP contribution is -2.45. The van der Waals surface area contributed by atoms with Gasteiger partial charge in [-0.05, 0) is 60.5 Å². The number of carbonyl (C=O) groups is 1. The van der Waals surface area contributed by atoms with Crippen LogP contribution in [0.1, 0.15) is 11.1 Å². The van der Waals surface area contributed by atoms with Gasteiger partial charge in [-0.25, -0.2) is 4.39 Å². The van der Waals surface area contributed by atoms with Crippen molar-refractivity contribution in [3.63, 3.8) is 0 Å². The lowest BCUT2D eigenvalue weighted by Gasteiger charge is -2.39. The van der Waals surface area contributed by atoms with Gasteiger partial charge in [-0.3, -0.25) is 9.69 Å². The largest absolute Gasteiger partial charge is 0.361 e. The van der Waals surface area contributed by atoms with Crippen LogP contribution in [0.3, 0.4) is 0 Å². The van der Waals surface area contributed by atoms with E-state index in [9.17, 15) is 9.18 Å². The number of anilines is 1. The first kappa shape index (κ1) is 16.3. The maximum absolute atomic E-state index is 13.1. The zero-order valence-electron chi connectivity index (χ0n) is 15.0. The molecule has 5 rings (SSSR count). The van der Waals surface area contributed by atoms with Gasteiger partial charge in [0.15, 0.2) is 0 Å². The maximum Gasteiger partial charge on any atom is 0.232 e. The number of aromatic amines is 1. The van der Waals surface area contributed by atoms with E-state index in [1.807, 2.05) is 0 Å². The fraction of sp³-hybridized carbons (Fsp3) is 0.227. The lowest BCUT2D eigenvalue weighted by atomic mass is 9.80. The van der Waals surface area contributed by atoms with E-state index in [4.69, 9.17) is 0 Å². The highest BCUT2D eigenvalue weighted by atomic mass is 19.1. The molecule has 0 unspecified atom stereocenters. The fourth-order valence-corrected chi connectivity index (χ4v) is 4.38. The molecule has 0 saturated carbocycles. The first-order chi connectivity index (χ1) is 13.1. The summed E-state index contributed by atoms with van der Waals surface area (Å²) >= 11 is 0. The third-order valence-electron chi connectivity index (χ3n) is 5.72. The van der Waals surface area contributed by atoms with E-state index < -0.39 is 0 Å². The number of amides is 1. The van der Waals surface area contributed by atoms with Crippen molar-refractivity contribution < 1.29 is 9.18 Å². The lowest BCUT2D eigenvalue weighted by molar-refractivity contribution is -0.119. The molecule has 136 valence electrons. The number of carbonyl (C=O) groups excluding carboxylic acids is 1. The molecule has 0 spiro atoms. The third kappa shape index (κ3) is 2.66. The Kier molecular flexibility index (Phi) is 3.65. The SMILES string of the molecule is CN1C[C@H](C(=O)Nc2ccc(F)cc2)C=C2c3cccc4[nH]cc(c34)C[C@H]21. The number of hydrogen-bond donors (Lipinski definition) is 2. The van der Waals surface area contributed by atoms with Gasteiger partial charge in [0.2, 0.25) is 5.91 Å². The number of nitrogens with one attached hydrogen (secondary N) is 2. The van der Waals surface area contributed by atoms with E-state index in [1.165, 1.54) is 34.2 Å². The topological polar surface area (TPSA) is 48.1 Å². The van der Waals surface area contributed by atoms with Crippen molar-refractivity contribution in [2.24, 2.45) is 5.92 Å². The molecule has 0 fully saturated rings. The quantitative estimate of drug-likeness (QED) is 0.729. The van der Waals surface area contributed by atoms with E-state index >= 15 is 0 Å². The van der Waals surface area contributed by atoms with Gasteiger partial charge in [0.1, 0.15) is 5.82 Å². The Balaban J connectivity index is 1.50. The Bertz CT molecular complexity index is 1070. The molecule has 27 heavy (non-hydrogen) atoms. The molecule has 1 aliphatic carbocycles. The molecule has 0 saturated heterocycles. The number of fused-ring (bicyclic) bond motifs is 2. The molecule has 2 aliphatic rings. The molecule has 1 amide bonds. The summed E-state index contributed by atoms with van der Waals surface area (Å²) < 4.78 is 13.1. The minimum Gasteiger partial charge on any atom is -0.361 e. The summed E-state index contributed by atoms with van der Waals surface area (Å²) in [6, 6.07) is 12.5. The van der Waals surface area contributed by atoms with Gasteiger partial charge in [-0.15, -0.1) is 0 Å². The number of hydrogen-bond acceptors (Lipinski definition) is 2. The van der Waals surface area contributed by atoms with Gasteiger partial charge < -0.3 is 10.3 Å². The van der Waals surface area contributed by atoms with Crippen molar-refractivity contribution in [1.29, 1.82) is 0 Å². The average molecular weight is 361 g/mol. The standard InChI is InChI=1S/C22H20FN3O/c1-26-12-14(22(27)25-16-7-5-15(23)6-8-16)9-18-17-3-2-4-19-21(17)13(11-24-19)10-20(18)26/h2-9,11,14,20,24H,10,12H2,1H3,(H,25,27)/t14-,20-/m1/s1. The van der Waals surface area contributed by atoms with Gasteiger partial charge >= 0.3 is 0 Å². The number of H-pyrrole nitrogens is 1. The Morgan fingerprint density at radius 3 is 2.85 bits per heavy atom. The summed E-state index contributed by atoms with van der Waals surface area (Å²) in [6.07, 6.45) is 5.17. The van der Waals surface area contributed by atoms with Crippen molar-refractivity contribution in [1.82, 2.24) is 9.88 Å². The number of benzene rings is 2. The second-order valence-electron chi connectivity index (χ2n) is 7.43. The first-order valence-electron chi connectivity index (χ1n) is 9.18. The summed E-state index contributed by atoms with van der Waals surface area (Å²) in [5.41, 5.74) is 5.53. The maximum atomic E-state index is 13.1. The molecule has 2 N–H and O–H groups in total. The van der Waals surface area contributed by atoms with Crippen LogP contribution in [0.15, 0.2) is 54.7 Å². The number of likely N-dealkylation sites (N-methyl/N-ethyl adjacent to an activating group) is 1. The highest BCUT2D eigenvalue weighted by Gasteiger charge is 2.35. The molecule has 2 heterocycles. The molecule has 5 heteroatoms. The van der Waals surface area contributed by atoms with Crippen LogP contribution in [0.5, 0.6) is 0 Å². The fourth-order valence-electron chi connectivity index (χ4n) is 4.38. The molecule has 4 nitrogen and oxygen atoms in total. The van der Waals surface area contributed by atoms with Crippen LogP contribution in [0, 0.1) is 11.7 Å². The summed E-state index contributed by atoms with van der Waals surface area (Å²) in [7, 11) is 2.08. The average Bonchev–Trinajstić information content (AvgIpc) is 3.09. The van der Waals surface area contributed by atoms with Gasteiger partial charge in [0.05, 0.1) is 5.92 Å². The minimum atomic E-state index is -0.312. The molecule has 3 aromatic rings. The van der Waals surface area contributed by atoms with Crippen LogP contribution in [-0.2, 0) is 11.2 Å². The second kappa shape index (κ2) is 6.06. The van der Waals surface area contributed by atoms with Crippen molar-refractivity contribution in [2.75, 3.05) is 18.9 Å². The Hall–Kier alpha value is -2.92. The van der Waals surface area contributed by atoms with Crippen LogP contribution in [-0.4, -0.2) is 35.4 Å². The zero-order valence-corrected chi connectivity index (χ0v) is 15.0. The molecular formula is C22H20FN3O.